The van der Waals surface area contributed by atoms with Crippen LogP contribution in [0.15, 0.2) is 0 Å². The molecule has 18 heavy (non-hydrogen) atoms. The third-order valence-electron chi connectivity index (χ3n) is 2.85. The first kappa shape index (κ1) is 14.0. The Morgan fingerprint density at radius 2 is 2.17 bits per heavy atom. The van der Waals surface area contributed by atoms with E-state index in [1.807, 2.05) is 0 Å². The maximum absolute atomic E-state index is 11.7. The molecule has 0 atom stereocenters. The van der Waals surface area contributed by atoms with Gasteiger partial charge in [-0.25, -0.2) is 5.48 Å². The molecule has 2 amide bonds. The summed E-state index contributed by atoms with van der Waals surface area (Å²) in [4.78, 5) is 29.9. The summed E-state index contributed by atoms with van der Waals surface area (Å²) in [5, 5.41) is 0. The topological polar surface area (TPSA) is 58.6 Å². The molecule has 2 aliphatic heterocycles. The van der Waals surface area contributed by atoms with Crippen LogP contribution in [0.3, 0.4) is 0 Å². The van der Waals surface area contributed by atoms with Crippen molar-refractivity contribution in [2.24, 2.45) is 0 Å². The van der Waals surface area contributed by atoms with Gasteiger partial charge < -0.3 is 4.90 Å². The molecule has 2 fully saturated rings. The predicted octanol–water partition coefficient (Wildman–Crippen LogP) is 0.853. The zero-order valence-corrected chi connectivity index (χ0v) is 11.9. The first-order valence-electron chi connectivity index (χ1n) is 6.20. The number of nitrogens with zero attached hydrogens (tertiary/aromatic N) is 1. The third kappa shape index (κ3) is 4.07. The van der Waals surface area contributed by atoms with E-state index < -0.39 is 0 Å². The second-order valence-electron chi connectivity index (χ2n) is 4.23. The quantitative estimate of drug-likeness (QED) is 0.601. The standard InChI is InChI=1S/C11H18N2O3S2/c14-9-3-1-4-13(9)5-6-16-12-10(15)11-17-7-2-8-18-11/h11H,1-8H2,(H,12,15). The number of rotatable bonds is 5. The average Bonchev–Trinajstić information content (AvgIpc) is 2.81. The van der Waals surface area contributed by atoms with Crippen molar-refractivity contribution in [2.45, 2.75) is 23.8 Å². The summed E-state index contributed by atoms with van der Waals surface area (Å²) in [5.74, 6) is 2.18. The highest BCUT2D eigenvalue weighted by Gasteiger charge is 2.23. The van der Waals surface area contributed by atoms with Crippen LogP contribution in [0.2, 0.25) is 0 Å². The molecular weight excluding hydrogens is 272 g/mol. The highest BCUT2D eigenvalue weighted by Crippen LogP contribution is 2.30. The van der Waals surface area contributed by atoms with Crippen molar-refractivity contribution in [3.63, 3.8) is 0 Å². The number of thioether (sulfide) groups is 2. The minimum absolute atomic E-state index is 0.0489. The molecule has 0 saturated carbocycles. The van der Waals surface area contributed by atoms with Crippen LogP contribution < -0.4 is 5.48 Å². The van der Waals surface area contributed by atoms with Crippen LogP contribution >= 0.6 is 23.5 Å². The molecule has 2 heterocycles. The molecule has 2 aliphatic rings. The van der Waals surface area contributed by atoms with E-state index >= 15 is 0 Å². The molecule has 7 heteroatoms. The van der Waals surface area contributed by atoms with E-state index in [0.29, 0.717) is 19.6 Å². The van der Waals surface area contributed by atoms with E-state index in [-0.39, 0.29) is 16.4 Å². The molecule has 2 saturated heterocycles. The summed E-state index contributed by atoms with van der Waals surface area (Å²) in [6, 6.07) is 0. The van der Waals surface area contributed by atoms with Gasteiger partial charge in [-0.2, -0.15) is 0 Å². The second-order valence-corrected chi connectivity index (χ2v) is 6.95. The SMILES string of the molecule is O=C(NOCCN1CCCC1=O)C1SCCCS1. The van der Waals surface area contributed by atoms with Gasteiger partial charge in [-0.05, 0) is 24.3 Å². The summed E-state index contributed by atoms with van der Waals surface area (Å²) in [6.45, 7) is 1.73. The van der Waals surface area contributed by atoms with E-state index in [9.17, 15) is 9.59 Å². The Balaban J connectivity index is 1.57. The van der Waals surface area contributed by atoms with Gasteiger partial charge in [-0.15, -0.1) is 23.5 Å². The molecular formula is C11H18N2O3S2. The van der Waals surface area contributed by atoms with Crippen molar-refractivity contribution in [3.8, 4) is 0 Å². The van der Waals surface area contributed by atoms with E-state index in [2.05, 4.69) is 5.48 Å². The molecule has 0 bridgehead atoms. The molecule has 0 unspecified atom stereocenters. The number of likely N-dealkylation sites (tertiary alicyclic amines) is 1. The Morgan fingerprint density at radius 3 is 2.83 bits per heavy atom. The number of nitrogens with one attached hydrogen (secondary N) is 1. The molecule has 2 rings (SSSR count). The summed E-state index contributed by atoms with van der Waals surface area (Å²) >= 11 is 3.32. The molecule has 0 radical (unpaired) electrons. The molecule has 102 valence electrons. The fourth-order valence-corrected chi connectivity index (χ4v) is 4.50. The summed E-state index contributed by atoms with van der Waals surface area (Å²) in [6.07, 6.45) is 2.74. The van der Waals surface area contributed by atoms with Gasteiger partial charge in [0.05, 0.1) is 6.61 Å². The van der Waals surface area contributed by atoms with Crippen molar-refractivity contribution in [1.82, 2.24) is 10.4 Å². The van der Waals surface area contributed by atoms with Crippen molar-refractivity contribution in [2.75, 3.05) is 31.2 Å². The third-order valence-corrected chi connectivity index (χ3v) is 5.75. The van der Waals surface area contributed by atoms with Crippen molar-refractivity contribution in [1.29, 1.82) is 0 Å². The Bertz CT molecular complexity index is 309. The minimum atomic E-state index is -0.0718. The number of carbonyl (C=O) groups is 2. The van der Waals surface area contributed by atoms with Gasteiger partial charge in [0.25, 0.3) is 5.91 Å². The van der Waals surface area contributed by atoms with E-state index in [0.717, 1.165) is 30.9 Å². The van der Waals surface area contributed by atoms with Gasteiger partial charge in [0.1, 0.15) is 4.58 Å². The van der Waals surface area contributed by atoms with Crippen LogP contribution in [0.4, 0.5) is 0 Å². The molecule has 0 aromatic rings. The van der Waals surface area contributed by atoms with Crippen LogP contribution in [-0.2, 0) is 14.4 Å². The summed E-state index contributed by atoms with van der Waals surface area (Å²) in [7, 11) is 0. The van der Waals surface area contributed by atoms with Gasteiger partial charge in [-0.1, -0.05) is 0 Å². The van der Waals surface area contributed by atoms with E-state index in [1.165, 1.54) is 0 Å². The highest BCUT2D eigenvalue weighted by atomic mass is 32.2. The molecule has 0 aromatic heterocycles. The van der Waals surface area contributed by atoms with Crippen LogP contribution in [0, 0.1) is 0 Å². The first-order valence-corrected chi connectivity index (χ1v) is 8.30. The Labute approximate surface area is 115 Å². The number of hydroxylamine groups is 1. The predicted molar refractivity (Wildman–Crippen MR) is 73.2 cm³/mol. The lowest BCUT2D eigenvalue weighted by Crippen LogP contribution is -2.36. The number of amides is 2. The average molecular weight is 290 g/mol. The fourth-order valence-electron chi connectivity index (χ4n) is 1.91. The summed E-state index contributed by atoms with van der Waals surface area (Å²) < 4.78 is -0.0489. The zero-order valence-electron chi connectivity index (χ0n) is 10.2. The first-order chi connectivity index (χ1) is 8.77. The minimum Gasteiger partial charge on any atom is -0.340 e. The maximum atomic E-state index is 11.7. The van der Waals surface area contributed by atoms with Crippen molar-refractivity contribution >= 4 is 35.3 Å². The lowest BCUT2D eigenvalue weighted by atomic mass is 10.4. The molecule has 0 spiro atoms. The molecule has 5 nitrogen and oxygen atoms in total. The Hall–Kier alpha value is -0.400. The zero-order chi connectivity index (χ0) is 12.8. The molecule has 0 aromatic carbocycles. The van der Waals surface area contributed by atoms with Gasteiger partial charge in [-0.3, -0.25) is 14.4 Å². The Kier molecular flexibility index (Phi) is 5.65. The van der Waals surface area contributed by atoms with E-state index in [1.54, 1.807) is 28.4 Å². The molecule has 0 aliphatic carbocycles. The van der Waals surface area contributed by atoms with Crippen LogP contribution in [0.1, 0.15) is 19.3 Å². The second kappa shape index (κ2) is 7.25. The number of hydrogen-bond donors (Lipinski definition) is 1. The van der Waals surface area contributed by atoms with Crippen LogP contribution in [0.25, 0.3) is 0 Å². The fraction of sp³-hybridized carbons (Fsp3) is 0.818. The lowest BCUT2D eigenvalue weighted by Gasteiger charge is -2.20. The van der Waals surface area contributed by atoms with Crippen molar-refractivity contribution < 1.29 is 14.4 Å². The van der Waals surface area contributed by atoms with Crippen LogP contribution in [0.5, 0.6) is 0 Å². The van der Waals surface area contributed by atoms with Gasteiger partial charge in [0.15, 0.2) is 0 Å². The lowest BCUT2D eigenvalue weighted by molar-refractivity contribution is -0.133. The monoisotopic (exact) mass is 290 g/mol. The summed E-state index contributed by atoms with van der Waals surface area (Å²) in [5.41, 5.74) is 2.47. The molecule has 1 N–H and O–H groups in total. The van der Waals surface area contributed by atoms with Gasteiger partial charge >= 0.3 is 0 Å². The number of hydrogen-bond acceptors (Lipinski definition) is 5. The number of carbonyl (C=O) groups excluding carboxylic acids is 2. The smallest absolute Gasteiger partial charge is 0.266 e. The largest absolute Gasteiger partial charge is 0.340 e. The van der Waals surface area contributed by atoms with Crippen molar-refractivity contribution in [3.05, 3.63) is 0 Å². The Morgan fingerprint density at radius 1 is 1.39 bits per heavy atom. The van der Waals surface area contributed by atoms with Gasteiger partial charge in [0, 0.05) is 19.5 Å². The normalized spacial score (nSPS) is 21.3. The van der Waals surface area contributed by atoms with E-state index in [4.69, 9.17) is 4.84 Å². The maximum Gasteiger partial charge on any atom is 0.266 e. The highest BCUT2D eigenvalue weighted by molar-refractivity contribution is 8.18. The van der Waals surface area contributed by atoms with Crippen LogP contribution in [-0.4, -0.2) is 52.5 Å². The van der Waals surface area contributed by atoms with Gasteiger partial charge in [0.2, 0.25) is 5.91 Å².